The Labute approximate surface area is 158 Å². The molecule has 27 heavy (non-hydrogen) atoms. The Morgan fingerprint density at radius 2 is 2.00 bits per heavy atom. The maximum Gasteiger partial charge on any atom is 0.251 e. The van der Waals surface area contributed by atoms with Crippen LogP contribution >= 0.6 is 0 Å². The highest BCUT2D eigenvalue weighted by molar-refractivity contribution is 5.97. The van der Waals surface area contributed by atoms with Crippen molar-refractivity contribution in [1.29, 1.82) is 0 Å². The fraction of sp³-hybridized carbons (Fsp3) is 0.350. The molecule has 1 saturated heterocycles. The summed E-state index contributed by atoms with van der Waals surface area (Å²) in [6.07, 6.45) is 0. The first-order chi connectivity index (χ1) is 13.1. The number of amides is 1. The summed E-state index contributed by atoms with van der Waals surface area (Å²) >= 11 is 0. The Morgan fingerprint density at radius 1 is 1.19 bits per heavy atom. The smallest absolute Gasteiger partial charge is 0.251 e. The van der Waals surface area contributed by atoms with Crippen LogP contribution in [0.15, 0.2) is 36.4 Å². The number of ether oxygens (including phenoxy) is 1. The van der Waals surface area contributed by atoms with Gasteiger partial charge in [-0.3, -0.25) is 9.78 Å². The van der Waals surface area contributed by atoms with E-state index in [-0.39, 0.29) is 5.91 Å². The summed E-state index contributed by atoms with van der Waals surface area (Å²) in [5.41, 5.74) is 4.21. The van der Waals surface area contributed by atoms with Gasteiger partial charge in [0.25, 0.3) is 5.91 Å². The molecular weight excluding hydrogens is 342 g/mol. The first kappa shape index (κ1) is 17.5. The molecule has 0 spiro atoms. The average molecular weight is 365 g/mol. The van der Waals surface area contributed by atoms with Crippen molar-refractivity contribution < 1.29 is 9.53 Å². The van der Waals surface area contributed by atoms with Crippen molar-refractivity contribution in [2.45, 2.75) is 13.5 Å². The number of morpholine rings is 1. The van der Waals surface area contributed by atoms with Crippen LogP contribution in [-0.2, 0) is 18.3 Å². The van der Waals surface area contributed by atoms with Crippen molar-refractivity contribution >= 4 is 22.9 Å². The number of benzene rings is 1. The monoisotopic (exact) mass is 365 g/mol. The van der Waals surface area contributed by atoms with Crippen LogP contribution < -0.4 is 10.2 Å². The van der Waals surface area contributed by atoms with Crippen molar-refractivity contribution in [2.75, 3.05) is 31.2 Å². The first-order valence-electron chi connectivity index (χ1n) is 9.12. The Kier molecular flexibility index (Phi) is 4.77. The summed E-state index contributed by atoms with van der Waals surface area (Å²) in [6, 6.07) is 11.4. The van der Waals surface area contributed by atoms with Gasteiger partial charge < -0.3 is 19.5 Å². The van der Waals surface area contributed by atoms with Gasteiger partial charge in [-0.2, -0.15) is 0 Å². The van der Waals surface area contributed by atoms with Crippen LogP contribution in [0.4, 0.5) is 5.95 Å². The largest absolute Gasteiger partial charge is 0.378 e. The molecule has 1 aliphatic heterocycles. The van der Waals surface area contributed by atoms with Gasteiger partial charge in [0.2, 0.25) is 5.95 Å². The van der Waals surface area contributed by atoms with Crippen LogP contribution in [-0.4, -0.2) is 46.7 Å². The minimum atomic E-state index is -0.126. The van der Waals surface area contributed by atoms with Crippen LogP contribution in [0.25, 0.3) is 11.0 Å². The van der Waals surface area contributed by atoms with Gasteiger partial charge in [-0.25, -0.2) is 4.98 Å². The summed E-state index contributed by atoms with van der Waals surface area (Å²) in [4.78, 5) is 23.9. The third kappa shape index (κ3) is 3.64. The molecule has 4 rings (SSSR count). The van der Waals surface area contributed by atoms with Crippen molar-refractivity contribution in [3.63, 3.8) is 0 Å². The fourth-order valence-electron chi connectivity index (χ4n) is 3.35. The minimum Gasteiger partial charge on any atom is -0.378 e. The fourth-order valence-corrected chi connectivity index (χ4v) is 3.35. The number of carbonyl (C=O) groups is 1. The van der Waals surface area contributed by atoms with Crippen LogP contribution in [0.1, 0.15) is 21.7 Å². The number of rotatable bonds is 4. The molecule has 140 valence electrons. The lowest BCUT2D eigenvalue weighted by molar-refractivity contribution is 0.0950. The van der Waals surface area contributed by atoms with Gasteiger partial charge in [-0.15, -0.1) is 0 Å². The number of nitrogens with one attached hydrogen (secondary N) is 1. The van der Waals surface area contributed by atoms with Gasteiger partial charge in [-0.1, -0.05) is 6.07 Å². The highest BCUT2D eigenvalue weighted by Gasteiger charge is 2.18. The Morgan fingerprint density at radius 3 is 2.78 bits per heavy atom. The molecule has 1 aliphatic rings. The Hall–Kier alpha value is -2.93. The number of carbonyl (C=O) groups excluding carboxylic acids is 1. The van der Waals surface area contributed by atoms with Gasteiger partial charge in [0, 0.05) is 31.4 Å². The third-order valence-corrected chi connectivity index (χ3v) is 4.79. The number of aromatic nitrogens is 3. The zero-order valence-corrected chi connectivity index (χ0v) is 15.6. The molecule has 1 fully saturated rings. The third-order valence-electron chi connectivity index (χ3n) is 4.79. The van der Waals surface area contributed by atoms with Crippen LogP contribution in [0.3, 0.4) is 0 Å². The number of nitrogens with zero attached hydrogens (tertiary/aromatic N) is 4. The molecule has 2 aromatic heterocycles. The molecule has 1 amide bonds. The lowest BCUT2D eigenvalue weighted by atomic mass is 10.2. The second-order valence-electron chi connectivity index (χ2n) is 6.73. The van der Waals surface area contributed by atoms with E-state index in [2.05, 4.69) is 19.8 Å². The summed E-state index contributed by atoms with van der Waals surface area (Å²) in [7, 11) is 2.00. The number of anilines is 1. The molecule has 7 nitrogen and oxygen atoms in total. The SMILES string of the molecule is Cc1cccc(CNC(=O)c2ccc3c(c2)nc(N2CCOCC2)n3C)n1. The Balaban J connectivity index is 1.53. The molecule has 0 atom stereocenters. The number of imidazole rings is 1. The maximum atomic E-state index is 12.5. The van der Waals surface area contributed by atoms with Gasteiger partial charge in [0.15, 0.2) is 0 Å². The van der Waals surface area contributed by atoms with Gasteiger partial charge in [-0.05, 0) is 37.3 Å². The normalized spacial score (nSPS) is 14.5. The quantitative estimate of drug-likeness (QED) is 0.766. The summed E-state index contributed by atoms with van der Waals surface area (Å²) in [6.45, 7) is 5.42. The average Bonchev–Trinajstić information content (AvgIpc) is 3.03. The van der Waals surface area contributed by atoms with Gasteiger partial charge >= 0.3 is 0 Å². The van der Waals surface area contributed by atoms with E-state index in [9.17, 15) is 4.79 Å². The lowest BCUT2D eigenvalue weighted by Gasteiger charge is -2.27. The van der Waals surface area contributed by atoms with Crippen molar-refractivity contribution in [3.8, 4) is 0 Å². The van der Waals surface area contributed by atoms with E-state index in [1.807, 2.05) is 50.4 Å². The van der Waals surface area contributed by atoms with Crippen LogP contribution in [0.5, 0.6) is 0 Å². The molecule has 0 unspecified atom stereocenters. The molecule has 0 saturated carbocycles. The summed E-state index contributed by atoms with van der Waals surface area (Å²) in [5.74, 6) is 0.786. The zero-order chi connectivity index (χ0) is 18.8. The topological polar surface area (TPSA) is 72.3 Å². The van der Waals surface area contributed by atoms with Gasteiger partial charge in [0.1, 0.15) is 0 Å². The van der Waals surface area contributed by atoms with E-state index >= 15 is 0 Å². The molecule has 3 aromatic rings. The Bertz CT molecular complexity index is 976. The van der Waals surface area contributed by atoms with Crippen molar-refractivity contribution in [2.24, 2.45) is 7.05 Å². The molecule has 0 bridgehead atoms. The van der Waals surface area contributed by atoms with E-state index in [1.165, 1.54) is 0 Å². The minimum absolute atomic E-state index is 0.126. The van der Waals surface area contributed by atoms with E-state index in [4.69, 9.17) is 9.72 Å². The highest BCUT2D eigenvalue weighted by Crippen LogP contribution is 2.23. The van der Waals surface area contributed by atoms with E-state index in [1.54, 1.807) is 0 Å². The highest BCUT2D eigenvalue weighted by atomic mass is 16.5. The van der Waals surface area contributed by atoms with E-state index in [0.717, 1.165) is 41.5 Å². The number of fused-ring (bicyclic) bond motifs is 1. The zero-order valence-electron chi connectivity index (χ0n) is 15.6. The summed E-state index contributed by atoms with van der Waals surface area (Å²) < 4.78 is 7.49. The molecule has 3 heterocycles. The number of pyridine rings is 1. The molecule has 1 N–H and O–H groups in total. The molecule has 7 heteroatoms. The lowest BCUT2D eigenvalue weighted by Crippen LogP contribution is -2.37. The number of hydrogen-bond donors (Lipinski definition) is 1. The molecule has 1 aromatic carbocycles. The standard InChI is InChI=1S/C20H23N5O2/c1-14-4-3-5-16(22-14)13-21-19(26)15-6-7-18-17(12-15)23-20(24(18)2)25-8-10-27-11-9-25/h3-7,12H,8-11,13H2,1-2H3,(H,21,26). The first-order valence-corrected chi connectivity index (χ1v) is 9.12. The van der Waals surface area contributed by atoms with Crippen LogP contribution in [0, 0.1) is 6.92 Å². The predicted octanol–water partition coefficient (Wildman–Crippen LogP) is 2.04. The van der Waals surface area contributed by atoms with Crippen LogP contribution in [0.2, 0.25) is 0 Å². The molecule has 0 radical (unpaired) electrons. The molecule has 0 aliphatic carbocycles. The number of hydrogen-bond acceptors (Lipinski definition) is 5. The second-order valence-corrected chi connectivity index (χ2v) is 6.73. The van der Waals surface area contributed by atoms with Gasteiger partial charge in [0.05, 0.1) is 36.5 Å². The molecular formula is C20H23N5O2. The summed E-state index contributed by atoms with van der Waals surface area (Å²) in [5, 5.41) is 2.93. The van der Waals surface area contributed by atoms with Crippen molar-refractivity contribution in [3.05, 3.63) is 53.3 Å². The van der Waals surface area contributed by atoms with E-state index in [0.29, 0.717) is 25.3 Å². The number of aryl methyl sites for hydroxylation is 2. The van der Waals surface area contributed by atoms with E-state index < -0.39 is 0 Å². The second kappa shape index (κ2) is 7.36. The van der Waals surface area contributed by atoms with Crippen molar-refractivity contribution in [1.82, 2.24) is 19.9 Å². The maximum absolute atomic E-state index is 12.5. The predicted molar refractivity (Wildman–Crippen MR) is 104 cm³/mol.